The SMILES string of the molecule is CCCN(C(=O)c1cccc(C)n1)[C@H]1CCc2nc(N)sc2C1. The number of pyridine rings is 1. The van der Waals surface area contributed by atoms with Crippen LogP contribution >= 0.6 is 11.3 Å². The van der Waals surface area contributed by atoms with Crippen molar-refractivity contribution in [1.82, 2.24) is 14.9 Å². The van der Waals surface area contributed by atoms with Gasteiger partial charge in [0.25, 0.3) is 5.91 Å². The van der Waals surface area contributed by atoms with Gasteiger partial charge in [-0.15, -0.1) is 11.3 Å². The molecular formula is C17H22N4OS. The monoisotopic (exact) mass is 330 g/mol. The maximum atomic E-state index is 12.9. The summed E-state index contributed by atoms with van der Waals surface area (Å²) >= 11 is 1.55. The highest BCUT2D eigenvalue weighted by Crippen LogP contribution is 2.30. The molecule has 1 amide bonds. The molecule has 0 radical (unpaired) electrons. The Bertz CT molecular complexity index is 712. The van der Waals surface area contributed by atoms with Crippen molar-refractivity contribution in [1.29, 1.82) is 0 Å². The topological polar surface area (TPSA) is 72.1 Å². The summed E-state index contributed by atoms with van der Waals surface area (Å²) in [6.07, 6.45) is 3.61. The summed E-state index contributed by atoms with van der Waals surface area (Å²) in [5.74, 6) is 0.0292. The number of anilines is 1. The number of nitrogens with two attached hydrogens (primary N) is 1. The average molecular weight is 330 g/mol. The summed E-state index contributed by atoms with van der Waals surface area (Å²) in [5, 5.41) is 0.629. The summed E-state index contributed by atoms with van der Waals surface area (Å²) in [7, 11) is 0. The Hall–Kier alpha value is -1.95. The lowest BCUT2D eigenvalue weighted by atomic mass is 9.95. The fourth-order valence-electron chi connectivity index (χ4n) is 3.14. The number of nitrogen functional groups attached to an aromatic ring is 1. The second-order valence-corrected chi connectivity index (χ2v) is 7.10. The molecule has 2 N–H and O–H groups in total. The normalized spacial score (nSPS) is 16.9. The Kier molecular flexibility index (Phi) is 4.61. The molecule has 122 valence electrons. The van der Waals surface area contributed by atoms with Crippen LogP contribution in [0.4, 0.5) is 5.13 Å². The van der Waals surface area contributed by atoms with Crippen LogP contribution in [0.25, 0.3) is 0 Å². The molecule has 0 unspecified atom stereocenters. The molecule has 0 saturated heterocycles. The first-order chi connectivity index (χ1) is 11.1. The summed E-state index contributed by atoms with van der Waals surface area (Å²) < 4.78 is 0. The zero-order valence-corrected chi connectivity index (χ0v) is 14.4. The van der Waals surface area contributed by atoms with Gasteiger partial charge in [-0.05, 0) is 38.3 Å². The molecule has 2 aromatic heterocycles. The Balaban J connectivity index is 1.83. The average Bonchev–Trinajstić information content (AvgIpc) is 2.91. The van der Waals surface area contributed by atoms with E-state index in [2.05, 4.69) is 16.9 Å². The molecule has 0 spiro atoms. The van der Waals surface area contributed by atoms with Gasteiger partial charge in [0.05, 0.1) is 5.69 Å². The van der Waals surface area contributed by atoms with Crippen LogP contribution in [-0.2, 0) is 12.8 Å². The number of fused-ring (bicyclic) bond motifs is 1. The van der Waals surface area contributed by atoms with Gasteiger partial charge in [0.2, 0.25) is 0 Å². The number of hydrogen-bond acceptors (Lipinski definition) is 5. The highest BCUT2D eigenvalue weighted by molar-refractivity contribution is 7.15. The molecule has 1 aliphatic rings. The van der Waals surface area contributed by atoms with Gasteiger partial charge >= 0.3 is 0 Å². The summed E-state index contributed by atoms with van der Waals surface area (Å²) in [6, 6.07) is 5.81. The van der Waals surface area contributed by atoms with Gasteiger partial charge in [0.1, 0.15) is 5.69 Å². The molecular weight excluding hydrogens is 308 g/mol. The molecule has 0 saturated carbocycles. The lowest BCUT2D eigenvalue weighted by Crippen LogP contribution is -2.44. The lowest BCUT2D eigenvalue weighted by molar-refractivity contribution is 0.0656. The number of carbonyl (C=O) groups is 1. The number of amides is 1. The third-order valence-corrected chi connectivity index (χ3v) is 5.15. The van der Waals surface area contributed by atoms with Gasteiger partial charge in [-0.1, -0.05) is 13.0 Å². The predicted molar refractivity (Wildman–Crippen MR) is 92.6 cm³/mol. The van der Waals surface area contributed by atoms with Crippen molar-refractivity contribution in [2.45, 2.75) is 45.6 Å². The quantitative estimate of drug-likeness (QED) is 0.935. The number of thiazole rings is 1. The van der Waals surface area contributed by atoms with Crippen LogP contribution in [0.15, 0.2) is 18.2 Å². The molecule has 0 aromatic carbocycles. The molecule has 2 heterocycles. The van der Waals surface area contributed by atoms with Crippen LogP contribution in [0.5, 0.6) is 0 Å². The van der Waals surface area contributed by atoms with Gasteiger partial charge in [0.15, 0.2) is 5.13 Å². The molecule has 6 heteroatoms. The van der Waals surface area contributed by atoms with Crippen LogP contribution in [0, 0.1) is 6.92 Å². The summed E-state index contributed by atoms with van der Waals surface area (Å²) in [4.78, 5) is 24.9. The van der Waals surface area contributed by atoms with E-state index in [1.807, 2.05) is 24.0 Å². The molecule has 23 heavy (non-hydrogen) atoms. The summed E-state index contributed by atoms with van der Waals surface area (Å²) in [6.45, 7) is 4.76. The minimum absolute atomic E-state index is 0.0292. The molecule has 0 fully saturated rings. The van der Waals surface area contributed by atoms with Crippen molar-refractivity contribution >= 4 is 22.4 Å². The van der Waals surface area contributed by atoms with E-state index in [4.69, 9.17) is 5.73 Å². The molecule has 1 atom stereocenters. The van der Waals surface area contributed by atoms with E-state index >= 15 is 0 Å². The third kappa shape index (κ3) is 3.37. The van der Waals surface area contributed by atoms with E-state index in [1.54, 1.807) is 17.4 Å². The first-order valence-corrected chi connectivity index (χ1v) is 8.88. The standard InChI is InChI=1S/C17H22N4OS/c1-3-9-21(16(22)14-6-4-5-11(2)19-14)12-7-8-13-15(10-12)23-17(18)20-13/h4-6,12H,3,7-10H2,1-2H3,(H2,18,20)/t12-/m0/s1. The minimum Gasteiger partial charge on any atom is -0.375 e. The van der Waals surface area contributed by atoms with E-state index < -0.39 is 0 Å². The second kappa shape index (κ2) is 6.66. The van der Waals surface area contributed by atoms with E-state index in [9.17, 15) is 4.79 Å². The smallest absolute Gasteiger partial charge is 0.272 e. The van der Waals surface area contributed by atoms with Crippen molar-refractivity contribution in [2.24, 2.45) is 0 Å². The largest absolute Gasteiger partial charge is 0.375 e. The number of carbonyl (C=O) groups excluding carboxylic acids is 1. The van der Waals surface area contributed by atoms with Gasteiger partial charge < -0.3 is 10.6 Å². The van der Waals surface area contributed by atoms with Gasteiger partial charge in [-0.3, -0.25) is 4.79 Å². The highest BCUT2D eigenvalue weighted by Gasteiger charge is 2.30. The maximum Gasteiger partial charge on any atom is 0.272 e. The third-order valence-electron chi connectivity index (χ3n) is 4.20. The first kappa shape index (κ1) is 15.9. The van der Waals surface area contributed by atoms with Crippen molar-refractivity contribution < 1.29 is 4.79 Å². The molecule has 3 rings (SSSR count). The van der Waals surface area contributed by atoms with Crippen LogP contribution < -0.4 is 5.73 Å². The maximum absolute atomic E-state index is 12.9. The van der Waals surface area contributed by atoms with Gasteiger partial charge in [-0.2, -0.15) is 0 Å². The lowest BCUT2D eigenvalue weighted by Gasteiger charge is -2.33. The Labute approximate surface area is 140 Å². The molecule has 0 aliphatic heterocycles. The number of aryl methyl sites for hydroxylation is 2. The number of hydrogen-bond donors (Lipinski definition) is 1. The Morgan fingerprint density at radius 1 is 1.43 bits per heavy atom. The van der Waals surface area contributed by atoms with E-state index in [0.29, 0.717) is 10.8 Å². The van der Waals surface area contributed by atoms with Crippen LogP contribution in [0.1, 0.15) is 46.5 Å². The Morgan fingerprint density at radius 2 is 2.26 bits per heavy atom. The van der Waals surface area contributed by atoms with E-state index in [1.165, 1.54) is 4.88 Å². The first-order valence-electron chi connectivity index (χ1n) is 8.07. The van der Waals surface area contributed by atoms with Crippen molar-refractivity contribution in [3.63, 3.8) is 0 Å². The molecule has 5 nitrogen and oxygen atoms in total. The molecule has 0 bridgehead atoms. The zero-order chi connectivity index (χ0) is 16.4. The number of nitrogens with zero attached hydrogens (tertiary/aromatic N) is 3. The zero-order valence-electron chi connectivity index (χ0n) is 13.6. The molecule has 2 aromatic rings. The fourth-order valence-corrected chi connectivity index (χ4v) is 4.09. The van der Waals surface area contributed by atoms with E-state index in [0.717, 1.165) is 43.6 Å². The van der Waals surface area contributed by atoms with Crippen LogP contribution in [-0.4, -0.2) is 33.4 Å². The van der Waals surface area contributed by atoms with Crippen molar-refractivity contribution in [2.75, 3.05) is 12.3 Å². The van der Waals surface area contributed by atoms with Crippen LogP contribution in [0.2, 0.25) is 0 Å². The fraction of sp³-hybridized carbons (Fsp3) is 0.471. The van der Waals surface area contributed by atoms with Gasteiger partial charge in [0, 0.05) is 29.6 Å². The number of aromatic nitrogens is 2. The van der Waals surface area contributed by atoms with Gasteiger partial charge in [-0.25, -0.2) is 9.97 Å². The predicted octanol–water partition coefficient (Wildman–Crippen LogP) is 2.84. The van der Waals surface area contributed by atoms with Crippen molar-refractivity contribution in [3.05, 3.63) is 40.2 Å². The minimum atomic E-state index is 0.0292. The second-order valence-electron chi connectivity index (χ2n) is 5.98. The summed E-state index contributed by atoms with van der Waals surface area (Å²) in [5.41, 5.74) is 8.34. The van der Waals surface area contributed by atoms with E-state index in [-0.39, 0.29) is 11.9 Å². The number of rotatable bonds is 4. The Morgan fingerprint density at radius 3 is 3.00 bits per heavy atom. The highest BCUT2D eigenvalue weighted by atomic mass is 32.1. The van der Waals surface area contributed by atoms with Crippen LogP contribution in [0.3, 0.4) is 0 Å². The van der Waals surface area contributed by atoms with Crippen molar-refractivity contribution in [3.8, 4) is 0 Å². The molecule has 1 aliphatic carbocycles.